The maximum atomic E-state index is 12.1. The van der Waals surface area contributed by atoms with Crippen molar-refractivity contribution in [2.45, 2.75) is 0 Å². The third-order valence-electron chi connectivity index (χ3n) is 4.24. The summed E-state index contributed by atoms with van der Waals surface area (Å²) in [5.74, 6) is 0.283. The number of fused-ring (bicyclic) bond motifs is 1. The smallest absolute Gasteiger partial charge is 0.277 e. The molecule has 0 aliphatic carbocycles. The van der Waals surface area contributed by atoms with E-state index < -0.39 is 0 Å². The molecule has 6 heteroatoms. The van der Waals surface area contributed by atoms with E-state index in [1.165, 1.54) is 0 Å². The molecular formula is C22H18N4O2. The number of pyridine rings is 1. The summed E-state index contributed by atoms with van der Waals surface area (Å²) >= 11 is 0. The third kappa shape index (κ3) is 3.91. The highest BCUT2D eigenvalue weighted by Crippen LogP contribution is 2.28. The average Bonchev–Trinajstić information content (AvgIpc) is 3.23. The van der Waals surface area contributed by atoms with E-state index >= 15 is 0 Å². The van der Waals surface area contributed by atoms with E-state index in [4.69, 9.17) is 4.74 Å². The second kappa shape index (κ2) is 8.18. The van der Waals surface area contributed by atoms with Crippen LogP contribution in [-0.4, -0.2) is 28.7 Å². The van der Waals surface area contributed by atoms with Crippen LogP contribution in [0.5, 0.6) is 5.75 Å². The molecule has 0 radical (unpaired) electrons. The largest absolute Gasteiger partial charge is 0.483 e. The molecule has 138 valence electrons. The lowest BCUT2D eigenvalue weighted by Gasteiger charge is -2.10. The van der Waals surface area contributed by atoms with E-state index in [0.29, 0.717) is 5.75 Å². The van der Waals surface area contributed by atoms with Crippen LogP contribution in [0.2, 0.25) is 0 Å². The lowest BCUT2D eigenvalue weighted by atomic mass is 10.1. The van der Waals surface area contributed by atoms with Gasteiger partial charge in [0.1, 0.15) is 5.75 Å². The van der Waals surface area contributed by atoms with Crippen LogP contribution in [0.15, 0.2) is 84.4 Å². The van der Waals surface area contributed by atoms with Crippen LogP contribution >= 0.6 is 0 Å². The third-order valence-corrected chi connectivity index (χ3v) is 4.24. The van der Waals surface area contributed by atoms with Crippen molar-refractivity contribution in [2.24, 2.45) is 5.10 Å². The zero-order valence-corrected chi connectivity index (χ0v) is 15.0. The van der Waals surface area contributed by atoms with Gasteiger partial charge in [-0.05, 0) is 24.3 Å². The first kappa shape index (κ1) is 17.5. The Morgan fingerprint density at radius 3 is 2.93 bits per heavy atom. The standard InChI is InChI=1S/C22H18N4O2/c27-22(26-25-14-17-5-3-8-20-18(17)10-12-24-20)15-28-21-9-2-1-7-19(21)16-6-4-11-23-13-16/h1-14,24H,15H2,(H,26,27). The Morgan fingerprint density at radius 2 is 2.04 bits per heavy atom. The molecule has 28 heavy (non-hydrogen) atoms. The Morgan fingerprint density at radius 1 is 1.11 bits per heavy atom. The summed E-state index contributed by atoms with van der Waals surface area (Å²) in [5, 5.41) is 5.08. The molecule has 0 aliphatic heterocycles. The van der Waals surface area contributed by atoms with E-state index in [1.54, 1.807) is 18.6 Å². The Hall–Kier alpha value is -3.93. The van der Waals surface area contributed by atoms with Gasteiger partial charge in [-0.2, -0.15) is 5.10 Å². The van der Waals surface area contributed by atoms with Gasteiger partial charge >= 0.3 is 0 Å². The molecule has 2 N–H and O–H groups in total. The van der Waals surface area contributed by atoms with Gasteiger partial charge in [0.15, 0.2) is 6.61 Å². The second-order valence-corrected chi connectivity index (χ2v) is 6.11. The number of amides is 1. The van der Waals surface area contributed by atoms with Crippen LogP contribution in [0.1, 0.15) is 5.56 Å². The van der Waals surface area contributed by atoms with Crippen molar-refractivity contribution >= 4 is 23.0 Å². The van der Waals surface area contributed by atoms with Gasteiger partial charge in [0.25, 0.3) is 5.91 Å². The quantitative estimate of drug-likeness (QED) is 0.401. The molecule has 0 fully saturated rings. The van der Waals surface area contributed by atoms with Gasteiger partial charge in [0.05, 0.1) is 6.21 Å². The molecule has 0 unspecified atom stereocenters. The molecule has 0 aliphatic rings. The van der Waals surface area contributed by atoms with Crippen molar-refractivity contribution in [1.82, 2.24) is 15.4 Å². The Balaban J connectivity index is 1.39. The van der Waals surface area contributed by atoms with Gasteiger partial charge < -0.3 is 9.72 Å². The molecule has 4 rings (SSSR count). The minimum absolute atomic E-state index is 0.136. The SMILES string of the molecule is O=C(COc1ccccc1-c1cccnc1)NN=Cc1cccc2[nH]ccc12. The maximum Gasteiger partial charge on any atom is 0.277 e. The minimum Gasteiger partial charge on any atom is -0.483 e. The van der Waals surface area contributed by atoms with Gasteiger partial charge in [-0.1, -0.05) is 36.4 Å². The first-order valence-corrected chi connectivity index (χ1v) is 8.81. The number of H-pyrrole nitrogens is 1. The number of hydrazone groups is 1. The molecule has 4 aromatic rings. The summed E-state index contributed by atoms with van der Waals surface area (Å²) in [4.78, 5) is 19.4. The molecule has 1 amide bonds. The number of carbonyl (C=O) groups is 1. The van der Waals surface area contributed by atoms with E-state index in [9.17, 15) is 4.79 Å². The molecular weight excluding hydrogens is 352 g/mol. The fourth-order valence-electron chi connectivity index (χ4n) is 2.92. The monoisotopic (exact) mass is 370 g/mol. The number of ether oxygens (including phenoxy) is 1. The van der Waals surface area contributed by atoms with Crippen LogP contribution in [0.4, 0.5) is 0 Å². The molecule has 6 nitrogen and oxygen atoms in total. The van der Waals surface area contributed by atoms with Crippen molar-refractivity contribution < 1.29 is 9.53 Å². The van der Waals surface area contributed by atoms with Crippen LogP contribution in [0, 0.1) is 0 Å². The fourth-order valence-corrected chi connectivity index (χ4v) is 2.92. The van der Waals surface area contributed by atoms with Crippen LogP contribution in [0.3, 0.4) is 0 Å². The van der Waals surface area contributed by atoms with E-state index in [2.05, 4.69) is 20.5 Å². The molecule has 2 aromatic carbocycles. The van der Waals surface area contributed by atoms with E-state index in [-0.39, 0.29) is 12.5 Å². The number of aromatic amines is 1. The number of hydrogen-bond donors (Lipinski definition) is 2. The fraction of sp³-hybridized carbons (Fsp3) is 0.0455. The highest BCUT2D eigenvalue weighted by atomic mass is 16.5. The molecule has 0 bridgehead atoms. The van der Waals surface area contributed by atoms with E-state index in [1.807, 2.05) is 66.9 Å². The topological polar surface area (TPSA) is 79.4 Å². The number of nitrogens with zero attached hydrogens (tertiary/aromatic N) is 2. The Labute approximate surface area is 161 Å². The number of rotatable bonds is 6. The summed E-state index contributed by atoms with van der Waals surface area (Å²) in [6, 6.07) is 19.2. The predicted octanol–water partition coefficient (Wildman–Crippen LogP) is 3.76. The van der Waals surface area contributed by atoms with Crippen molar-refractivity contribution in [2.75, 3.05) is 6.61 Å². The summed E-state index contributed by atoms with van der Waals surface area (Å²) in [5.41, 5.74) is 6.25. The van der Waals surface area contributed by atoms with Crippen LogP contribution in [0.25, 0.3) is 22.0 Å². The number of nitrogens with one attached hydrogen (secondary N) is 2. The number of aromatic nitrogens is 2. The first-order valence-electron chi connectivity index (χ1n) is 8.81. The Kier molecular flexibility index (Phi) is 5.11. The lowest BCUT2D eigenvalue weighted by molar-refractivity contribution is -0.123. The normalized spacial score (nSPS) is 11.0. The molecule has 0 saturated heterocycles. The number of carbonyl (C=O) groups excluding carboxylic acids is 1. The average molecular weight is 370 g/mol. The summed E-state index contributed by atoms with van der Waals surface area (Å²) in [6.45, 7) is -0.136. The summed E-state index contributed by atoms with van der Waals surface area (Å²) in [7, 11) is 0. The molecule has 0 saturated carbocycles. The van der Waals surface area contributed by atoms with Gasteiger partial charge in [0.2, 0.25) is 0 Å². The lowest BCUT2D eigenvalue weighted by Crippen LogP contribution is -2.24. The number of benzene rings is 2. The summed E-state index contributed by atoms with van der Waals surface area (Å²) < 4.78 is 5.70. The molecule has 0 atom stereocenters. The number of para-hydroxylation sites is 1. The van der Waals surface area contributed by atoms with Crippen molar-refractivity contribution in [3.05, 3.63) is 84.8 Å². The van der Waals surface area contributed by atoms with Crippen molar-refractivity contribution in [3.63, 3.8) is 0 Å². The van der Waals surface area contributed by atoms with Crippen LogP contribution < -0.4 is 10.2 Å². The van der Waals surface area contributed by atoms with E-state index in [0.717, 1.165) is 27.6 Å². The van der Waals surface area contributed by atoms with Crippen LogP contribution in [-0.2, 0) is 4.79 Å². The zero-order chi connectivity index (χ0) is 19.2. The Bertz CT molecular complexity index is 1120. The second-order valence-electron chi connectivity index (χ2n) is 6.11. The predicted molar refractivity (Wildman–Crippen MR) is 109 cm³/mol. The summed E-state index contributed by atoms with van der Waals surface area (Å²) in [6.07, 6.45) is 6.96. The maximum absolute atomic E-state index is 12.1. The van der Waals surface area contributed by atoms with Gasteiger partial charge in [-0.15, -0.1) is 0 Å². The first-order chi connectivity index (χ1) is 13.8. The highest BCUT2D eigenvalue weighted by Gasteiger charge is 2.08. The van der Waals surface area contributed by atoms with Crippen molar-refractivity contribution in [3.8, 4) is 16.9 Å². The molecule has 2 aromatic heterocycles. The van der Waals surface area contributed by atoms with Gasteiger partial charge in [-0.25, -0.2) is 5.43 Å². The zero-order valence-electron chi connectivity index (χ0n) is 15.0. The molecule has 0 spiro atoms. The van der Waals surface area contributed by atoms with Crippen molar-refractivity contribution in [1.29, 1.82) is 0 Å². The number of hydrogen-bond acceptors (Lipinski definition) is 4. The molecule has 2 heterocycles. The minimum atomic E-state index is -0.335. The van der Waals surface area contributed by atoms with Gasteiger partial charge in [-0.3, -0.25) is 9.78 Å². The van der Waals surface area contributed by atoms with Gasteiger partial charge in [0, 0.05) is 46.2 Å². The highest BCUT2D eigenvalue weighted by molar-refractivity contribution is 5.98.